The summed E-state index contributed by atoms with van der Waals surface area (Å²) in [6, 6.07) is 74.0. The number of nitrogens with zero attached hydrogens (tertiary/aromatic N) is 4. The minimum atomic E-state index is 0.180. The SMILES string of the molecule is Cc1cc(C)cc(N(c2ccc(C3CCCCC3)cc2)c2cc(C34CC5CC(CC(C5)C3)C4)cc(N(c3ccc(C4CCCCC4)cc3)c3cc(C)cc(C)c3)c2Cl)c1.Cc1cc(C)cc(N2c3ccc(C4CCCCC4)cc3B3c4c(C)cc(C)cc4N(c4ccc(C5CCCCC5)cc4)c4cc(C56CC7CC(CC(C7)C5)C6)cc2c43)c1. The molecular formula is C112H128BClN4. The second kappa shape index (κ2) is 31.3. The number of aryl methyl sites for hydroxylation is 8. The number of halogens is 1. The second-order valence-corrected chi connectivity index (χ2v) is 41.8. The van der Waals surface area contributed by atoms with E-state index in [1.165, 1.54) is 340 Å². The molecule has 0 atom stereocenters. The fraction of sp³-hybridized carbons (Fsp3) is 0.464. The van der Waals surface area contributed by atoms with Crippen molar-refractivity contribution in [2.45, 2.75) is 295 Å². The van der Waals surface area contributed by atoms with Gasteiger partial charge in [-0.2, -0.15) is 0 Å². The molecule has 0 aromatic heterocycles. The fourth-order valence-electron chi connectivity index (χ4n) is 28.3. The highest BCUT2D eigenvalue weighted by Gasteiger charge is 2.55. The maximum atomic E-state index is 8.16. The summed E-state index contributed by atoms with van der Waals surface area (Å²) >= 11 is 8.16. The van der Waals surface area contributed by atoms with Crippen LogP contribution in [0, 0.1) is 90.9 Å². The van der Waals surface area contributed by atoms with Gasteiger partial charge >= 0.3 is 0 Å². The summed E-state index contributed by atoms with van der Waals surface area (Å²) in [5, 5.41) is 0.810. The Morgan fingerprint density at radius 2 is 0.627 bits per heavy atom. The summed E-state index contributed by atoms with van der Waals surface area (Å²) in [4.78, 5) is 10.5. The van der Waals surface area contributed by atoms with Crippen molar-refractivity contribution in [1.82, 2.24) is 0 Å². The first-order valence-electron chi connectivity index (χ1n) is 47.5. The van der Waals surface area contributed by atoms with Gasteiger partial charge in [0, 0.05) is 56.9 Å². The lowest BCUT2D eigenvalue weighted by Crippen LogP contribution is -2.62. The van der Waals surface area contributed by atoms with E-state index in [0.29, 0.717) is 23.7 Å². The Balaban J connectivity index is 0.000000147. The monoisotopic (exact) mass is 1570 g/mol. The predicted octanol–water partition coefficient (Wildman–Crippen LogP) is 30.6. The third-order valence-electron chi connectivity index (χ3n) is 32.5. The Morgan fingerprint density at radius 3 is 1.03 bits per heavy atom. The third-order valence-corrected chi connectivity index (χ3v) is 32.9. The van der Waals surface area contributed by atoms with Crippen molar-refractivity contribution in [2.75, 3.05) is 19.6 Å². The predicted molar refractivity (Wildman–Crippen MR) is 502 cm³/mol. The quantitative estimate of drug-likeness (QED) is 0.101. The van der Waals surface area contributed by atoms with E-state index in [-0.39, 0.29) is 17.5 Å². The molecule has 6 heteroatoms. The molecule has 0 N–H and O–H groups in total. The van der Waals surface area contributed by atoms with E-state index in [2.05, 4.69) is 257 Å². The first kappa shape index (κ1) is 77.1. The first-order chi connectivity index (χ1) is 57.5. The van der Waals surface area contributed by atoms with Gasteiger partial charge in [-0.05, 0) is 452 Å². The number of anilines is 12. The zero-order valence-electron chi connectivity index (χ0n) is 72.5. The summed E-state index contributed by atoms with van der Waals surface area (Å²) in [6.07, 6.45) is 43.6. The van der Waals surface area contributed by atoms with Crippen LogP contribution in [0.25, 0.3) is 0 Å². The van der Waals surface area contributed by atoms with Gasteiger partial charge in [0.25, 0.3) is 6.71 Å². The molecule has 12 saturated carbocycles. The molecule has 0 unspecified atom stereocenters. The zero-order valence-corrected chi connectivity index (χ0v) is 73.2. The molecule has 0 amide bonds. The normalized spacial score (nSPS) is 25.1. The van der Waals surface area contributed by atoms with Gasteiger partial charge in [-0.1, -0.05) is 167 Å². The Bertz CT molecular complexity index is 5120. The van der Waals surface area contributed by atoms with E-state index >= 15 is 0 Å². The minimum absolute atomic E-state index is 0.180. The molecule has 2 aliphatic heterocycles. The van der Waals surface area contributed by atoms with Crippen LogP contribution < -0.4 is 36.0 Å². The van der Waals surface area contributed by atoms with Crippen molar-refractivity contribution in [3.8, 4) is 0 Å². The summed E-state index contributed by atoms with van der Waals surface area (Å²) < 4.78 is 0. The molecule has 24 rings (SSSR count). The van der Waals surface area contributed by atoms with Crippen LogP contribution in [0.15, 0.2) is 182 Å². The molecular weight excluding hydrogens is 1450 g/mol. The Kier molecular flexibility index (Phi) is 20.5. The van der Waals surface area contributed by atoms with Gasteiger partial charge in [-0.3, -0.25) is 0 Å². The van der Waals surface area contributed by atoms with Crippen molar-refractivity contribution < 1.29 is 0 Å². The minimum Gasteiger partial charge on any atom is -0.311 e. The lowest BCUT2D eigenvalue weighted by molar-refractivity contribution is -0.00526. The van der Waals surface area contributed by atoms with Crippen LogP contribution in [0.1, 0.15) is 307 Å². The Labute approximate surface area is 713 Å². The number of benzene rings is 10. The Hall–Kier alpha value is -8.25. The van der Waals surface area contributed by atoms with Crippen LogP contribution in [0.3, 0.4) is 0 Å². The summed E-state index contributed by atoms with van der Waals surface area (Å²) in [5.41, 5.74) is 39.9. The van der Waals surface area contributed by atoms with Crippen molar-refractivity contribution in [2.24, 2.45) is 35.5 Å². The van der Waals surface area contributed by atoms with Crippen LogP contribution in [-0.2, 0) is 10.8 Å². The van der Waals surface area contributed by atoms with Gasteiger partial charge in [0.15, 0.2) is 0 Å². The number of fused-ring (bicyclic) bond motifs is 4. The molecule has 12 fully saturated rings. The molecule has 0 radical (unpaired) electrons. The molecule has 118 heavy (non-hydrogen) atoms. The van der Waals surface area contributed by atoms with Crippen molar-refractivity contribution in [1.29, 1.82) is 0 Å². The second-order valence-electron chi connectivity index (χ2n) is 41.4. The van der Waals surface area contributed by atoms with E-state index < -0.39 is 0 Å². The standard InChI is InChI=1S/C56H63BN2.C56H65ClN2/c1-35-21-36(2)24-48(23-35)59-50-20-17-45(43-13-9-6-10-14-43)29-49(50)57-54-38(4)22-37(3)25-51(54)58(47-18-15-44(16-19-47)42-11-7-5-8-12-42)52-30-46(31-53(59)55(52)57)56-32-39-26-40(33-56)28-41(27-39)34-56;1-37-23-38(2)26-51(25-37)58(49-19-15-46(16-20-49)44-11-7-5-8-12-44)53-32-48(56-34-41-29-42(35-56)31-43(30-41)36-56)33-54(55(53)57)59(52-27-39(3)24-40(4)28-52)50-21-17-47(18-22-50)45-13-9-6-10-14-45/h15-25,29-31,39-43H,5-14,26-28,32-34H2,1-4H3;15-28,32-33,41-45H,5-14,29-31,34-36H2,1-4H3. The molecule has 0 spiro atoms. The number of rotatable bonds is 14. The van der Waals surface area contributed by atoms with Gasteiger partial charge < -0.3 is 19.6 Å². The molecule has 14 aliphatic rings. The summed E-state index contributed by atoms with van der Waals surface area (Å²) in [5.74, 6) is 7.90. The summed E-state index contributed by atoms with van der Waals surface area (Å²) in [6.45, 7) is 18.4. The lowest BCUT2D eigenvalue weighted by Gasteiger charge is -2.57. The van der Waals surface area contributed by atoms with Gasteiger partial charge in [0.05, 0.1) is 16.4 Å². The van der Waals surface area contributed by atoms with Gasteiger partial charge in [0.1, 0.15) is 0 Å². The van der Waals surface area contributed by atoms with E-state index in [9.17, 15) is 0 Å². The van der Waals surface area contributed by atoms with Crippen LogP contribution in [0.4, 0.5) is 68.2 Å². The molecule has 606 valence electrons. The largest absolute Gasteiger partial charge is 0.311 e. The first-order valence-corrected chi connectivity index (χ1v) is 47.9. The van der Waals surface area contributed by atoms with Gasteiger partial charge in [-0.25, -0.2) is 0 Å². The maximum Gasteiger partial charge on any atom is 0.252 e. The van der Waals surface area contributed by atoms with E-state index in [0.717, 1.165) is 51.9 Å². The fourth-order valence-corrected chi connectivity index (χ4v) is 28.6. The van der Waals surface area contributed by atoms with Crippen molar-refractivity contribution >= 4 is 103 Å². The molecule has 2 heterocycles. The van der Waals surface area contributed by atoms with Gasteiger partial charge in [0.2, 0.25) is 0 Å². The highest BCUT2D eigenvalue weighted by molar-refractivity contribution is 7.00. The van der Waals surface area contributed by atoms with E-state index in [1.54, 1.807) is 16.7 Å². The Morgan fingerprint density at radius 1 is 0.297 bits per heavy atom. The van der Waals surface area contributed by atoms with Crippen molar-refractivity contribution in [3.05, 3.63) is 265 Å². The molecule has 10 aromatic carbocycles. The average molecular weight is 1580 g/mol. The highest BCUT2D eigenvalue weighted by Crippen LogP contribution is 2.65. The number of hydrogen-bond acceptors (Lipinski definition) is 4. The van der Waals surface area contributed by atoms with E-state index in [4.69, 9.17) is 11.6 Å². The van der Waals surface area contributed by atoms with Crippen LogP contribution in [0.2, 0.25) is 5.02 Å². The topological polar surface area (TPSA) is 13.0 Å². The van der Waals surface area contributed by atoms with Crippen LogP contribution in [-0.4, -0.2) is 6.71 Å². The molecule has 0 saturated heterocycles. The summed E-state index contributed by atoms with van der Waals surface area (Å²) in [7, 11) is 0. The molecule has 4 nitrogen and oxygen atoms in total. The van der Waals surface area contributed by atoms with E-state index in [1.807, 2.05) is 0 Å². The molecule has 10 aromatic rings. The third kappa shape index (κ3) is 14.3. The lowest BCUT2D eigenvalue weighted by atomic mass is 9.32. The van der Waals surface area contributed by atoms with Crippen LogP contribution in [0.5, 0.6) is 0 Å². The van der Waals surface area contributed by atoms with Crippen LogP contribution >= 0.6 is 11.6 Å². The molecule has 12 aliphatic carbocycles. The van der Waals surface area contributed by atoms with Crippen molar-refractivity contribution in [3.63, 3.8) is 0 Å². The zero-order chi connectivity index (χ0) is 79.8. The average Bonchev–Trinajstić information content (AvgIpc) is 0.687. The number of hydrogen-bond donors (Lipinski definition) is 0. The maximum absolute atomic E-state index is 8.16. The smallest absolute Gasteiger partial charge is 0.252 e. The highest BCUT2D eigenvalue weighted by atomic mass is 35.5. The molecule has 8 bridgehead atoms. The van der Waals surface area contributed by atoms with Gasteiger partial charge in [-0.15, -0.1) is 0 Å².